The van der Waals surface area contributed by atoms with E-state index in [1.807, 2.05) is 0 Å². The zero-order chi connectivity index (χ0) is 23.2. The number of carbonyl (C=O) groups is 1. The van der Waals surface area contributed by atoms with Gasteiger partial charge in [0, 0.05) is 5.21 Å². The highest BCUT2D eigenvalue weighted by Crippen LogP contribution is 2.37. The van der Waals surface area contributed by atoms with Crippen molar-refractivity contribution in [3.8, 4) is 5.75 Å². The van der Waals surface area contributed by atoms with Crippen LogP contribution in [0.4, 0.5) is 5.13 Å². The summed E-state index contributed by atoms with van der Waals surface area (Å²) in [7, 11) is -4.00. The van der Waals surface area contributed by atoms with Crippen molar-refractivity contribution in [3.63, 3.8) is 0 Å². The van der Waals surface area contributed by atoms with Gasteiger partial charge in [-0.25, -0.2) is 13.6 Å². The third kappa shape index (κ3) is 4.19. The molecule has 31 heavy (non-hydrogen) atoms. The first kappa shape index (κ1) is 22.9. The second kappa shape index (κ2) is 7.71. The lowest BCUT2D eigenvalue weighted by Gasteiger charge is -2.32. The van der Waals surface area contributed by atoms with Gasteiger partial charge in [0.1, 0.15) is 11.3 Å². The normalized spacial score (nSPS) is 17.7. The molecular weight excluding hydrogens is 448 g/mol. The number of aromatic nitrogens is 2. The Balaban J connectivity index is 1.64. The Morgan fingerprint density at radius 3 is 2.35 bits per heavy atom. The van der Waals surface area contributed by atoms with Gasteiger partial charge in [-0.05, 0) is 52.0 Å². The third-order valence-electron chi connectivity index (χ3n) is 5.28. The molecule has 167 valence electrons. The minimum absolute atomic E-state index is 0.00113. The molecule has 3 N–H and O–H groups in total. The molecule has 0 spiro atoms. The van der Waals surface area contributed by atoms with Crippen molar-refractivity contribution in [2.75, 3.05) is 11.9 Å². The molecule has 1 radical (unpaired) electrons. The number of carbonyl (C=O) groups excluding carboxylic acids is 1. The van der Waals surface area contributed by atoms with Crippen molar-refractivity contribution in [2.24, 2.45) is 5.14 Å². The maximum Gasteiger partial charge on any atom is 0.316 e. The van der Waals surface area contributed by atoms with Gasteiger partial charge >= 0.3 is 5.84 Å². The average Bonchev–Trinajstić information content (AvgIpc) is 3.19. The number of hydrogen-bond acceptors (Lipinski definition) is 9. The first-order valence-corrected chi connectivity index (χ1v) is 11.3. The van der Waals surface area contributed by atoms with E-state index in [0.717, 1.165) is 0 Å². The summed E-state index contributed by atoms with van der Waals surface area (Å²) in [5.41, 5.74) is -1.43. The molecule has 0 fully saturated rings. The molecular formula is C17H21N6O6S2. The lowest BCUT2D eigenvalue weighted by Crippen LogP contribution is -2.53. The summed E-state index contributed by atoms with van der Waals surface area (Å²) in [6.45, 7) is 6.44. The summed E-state index contributed by atoms with van der Waals surface area (Å²) in [4.78, 5) is 12.0. The number of anilines is 1. The zero-order valence-corrected chi connectivity index (χ0v) is 18.8. The van der Waals surface area contributed by atoms with E-state index in [1.165, 1.54) is 12.1 Å². The van der Waals surface area contributed by atoms with Gasteiger partial charge in [0.2, 0.25) is 9.47 Å². The van der Waals surface area contributed by atoms with Crippen LogP contribution in [0.25, 0.3) is 0 Å². The van der Waals surface area contributed by atoms with Gasteiger partial charge in [0.05, 0.1) is 5.56 Å². The van der Waals surface area contributed by atoms with Crippen molar-refractivity contribution >= 4 is 38.2 Å². The Bertz CT molecular complexity index is 1140. The van der Waals surface area contributed by atoms with Crippen LogP contribution in [0.2, 0.25) is 0 Å². The summed E-state index contributed by atoms with van der Waals surface area (Å²) in [6, 6.07) is 6.16. The number of amidine groups is 1. The topological polar surface area (TPSA) is 173 Å². The molecule has 1 aromatic heterocycles. The van der Waals surface area contributed by atoms with Gasteiger partial charge in [-0.2, -0.15) is 0 Å². The number of nitrogens with one attached hydrogen (secondary N) is 1. The van der Waals surface area contributed by atoms with Crippen molar-refractivity contribution in [1.29, 1.82) is 0 Å². The van der Waals surface area contributed by atoms with E-state index >= 15 is 0 Å². The summed E-state index contributed by atoms with van der Waals surface area (Å²) in [5.74, 6) is -0.263. The van der Waals surface area contributed by atoms with E-state index in [1.54, 1.807) is 39.8 Å². The molecule has 1 amide bonds. The minimum atomic E-state index is -4.00. The van der Waals surface area contributed by atoms with Crippen LogP contribution in [0.15, 0.2) is 28.6 Å². The molecule has 1 aromatic carbocycles. The van der Waals surface area contributed by atoms with Crippen LogP contribution in [0.3, 0.4) is 0 Å². The maximum atomic E-state index is 12.7. The van der Waals surface area contributed by atoms with Crippen LogP contribution in [0.5, 0.6) is 5.75 Å². The Kier molecular flexibility index (Phi) is 5.69. The standard InChI is InChI=1S/C17H21N6O6S2/c1-16(2)17(3,4)23(26)13(22(16)25)10-5-7-11(8-6-10)29-9-12(24)19-14-20-21-15(30-14)31(18,27)28/h5-8H,9H2,1-4H3,(H2,18,27,28)(H,19,20,24). The van der Waals surface area contributed by atoms with Gasteiger partial charge < -0.3 is 9.94 Å². The summed E-state index contributed by atoms with van der Waals surface area (Å²) in [6.07, 6.45) is 0. The summed E-state index contributed by atoms with van der Waals surface area (Å²) >= 11 is 0.612. The maximum absolute atomic E-state index is 12.7. The molecule has 3 rings (SSSR count). The first-order chi connectivity index (χ1) is 14.2. The van der Waals surface area contributed by atoms with E-state index in [9.17, 15) is 23.6 Å². The Morgan fingerprint density at radius 1 is 1.26 bits per heavy atom. The number of primary sulfonamides is 1. The number of amides is 1. The lowest BCUT2D eigenvalue weighted by atomic mass is 9.84. The van der Waals surface area contributed by atoms with Gasteiger partial charge in [-0.15, -0.1) is 10.2 Å². The van der Waals surface area contributed by atoms with Crippen molar-refractivity contribution in [2.45, 2.75) is 43.1 Å². The molecule has 12 nitrogen and oxygen atoms in total. The fraction of sp³-hybridized carbons (Fsp3) is 0.412. The smallest absolute Gasteiger partial charge is 0.316 e. The largest absolute Gasteiger partial charge is 0.714 e. The Hall–Kier alpha value is -2.81. The van der Waals surface area contributed by atoms with Crippen molar-refractivity contribution in [3.05, 3.63) is 35.0 Å². The van der Waals surface area contributed by atoms with Crippen molar-refractivity contribution in [1.82, 2.24) is 15.3 Å². The number of hydroxylamine groups is 3. The lowest BCUT2D eigenvalue weighted by molar-refractivity contribution is -0.539. The second-order valence-electron chi connectivity index (χ2n) is 7.81. The predicted molar refractivity (Wildman–Crippen MR) is 110 cm³/mol. The number of hydrogen-bond donors (Lipinski definition) is 2. The highest BCUT2D eigenvalue weighted by Gasteiger charge is 2.59. The molecule has 0 aliphatic carbocycles. The number of rotatable bonds is 6. The third-order valence-corrected chi connectivity index (χ3v) is 7.42. The molecule has 0 bridgehead atoms. The Morgan fingerprint density at radius 2 is 1.87 bits per heavy atom. The van der Waals surface area contributed by atoms with E-state index in [2.05, 4.69) is 15.5 Å². The monoisotopic (exact) mass is 469 g/mol. The van der Waals surface area contributed by atoms with Crippen LogP contribution >= 0.6 is 11.3 Å². The van der Waals surface area contributed by atoms with Gasteiger partial charge in [-0.1, -0.05) is 16.4 Å². The molecule has 2 aromatic rings. The molecule has 2 heterocycles. The molecule has 0 saturated carbocycles. The predicted octanol–water partition coefficient (Wildman–Crippen LogP) is 0.678. The van der Waals surface area contributed by atoms with Crippen LogP contribution < -0.4 is 15.2 Å². The van der Waals surface area contributed by atoms with Gasteiger partial charge in [0.15, 0.2) is 12.1 Å². The van der Waals surface area contributed by atoms with E-state index in [-0.39, 0.29) is 17.6 Å². The molecule has 0 unspecified atom stereocenters. The second-order valence-corrected chi connectivity index (χ2v) is 10.5. The van der Waals surface area contributed by atoms with Crippen LogP contribution in [0, 0.1) is 5.21 Å². The average molecular weight is 470 g/mol. The molecule has 1 aliphatic rings. The molecule has 1 aliphatic heterocycles. The van der Waals surface area contributed by atoms with Gasteiger partial charge in [0.25, 0.3) is 15.9 Å². The van der Waals surface area contributed by atoms with E-state index in [0.29, 0.717) is 32.5 Å². The van der Waals surface area contributed by atoms with Crippen LogP contribution in [-0.2, 0) is 20.0 Å². The fourth-order valence-electron chi connectivity index (χ4n) is 2.72. The fourth-order valence-corrected chi connectivity index (χ4v) is 4.07. The number of nitrogens with two attached hydrogens (primary N) is 1. The summed E-state index contributed by atoms with van der Waals surface area (Å²) in [5, 5.41) is 40.2. The minimum Gasteiger partial charge on any atom is -0.714 e. The van der Waals surface area contributed by atoms with Crippen molar-refractivity contribution < 1.29 is 27.9 Å². The van der Waals surface area contributed by atoms with E-state index < -0.39 is 31.3 Å². The highest BCUT2D eigenvalue weighted by molar-refractivity contribution is 7.91. The van der Waals surface area contributed by atoms with E-state index in [4.69, 9.17) is 9.88 Å². The van der Waals surface area contributed by atoms with Gasteiger partial charge in [-0.3, -0.25) is 14.9 Å². The molecule has 14 heteroatoms. The Labute approximate surface area is 182 Å². The van der Waals surface area contributed by atoms with Crippen LogP contribution in [0.1, 0.15) is 33.3 Å². The number of ether oxygens (including phenoxy) is 1. The zero-order valence-electron chi connectivity index (χ0n) is 17.1. The number of sulfonamides is 1. The number of nitrogens with zero attached hydrogens (tertiary/aromatic N) is 4. The first-order valence-electron chi connectivity index (χ1n) is 8.96. The SMILES string of the molecule is CC1(C)N([O])C(c2ccc(OCC(=O)Nc3nnc(S(N)(=O)=O)s3)cc2)=[N+]([O-])C1(C)C. The highest BCUT2D eigenvalue weighted by atomic mass is 32.2. The summed E-state index contributed by atoms with van der Waals surface area (Å²) < 4.78 is 28.0. The van der Waals surface area contributed by atoms with Crippen LogP contribution in [-0.4, -0.2) is 57.8 Å². The molecule has 0 atom stereocenters. The molecule has 0 saturated heterocycles. The number of benzene rings is 1. The quantitative estimate of drug-likeness (QED) is 0.353.